The van der Waals surface area contributed by atoms with Gasteiger partial charge in [-0.05, 0) is 49.6 Å². The second-order valence-electron chi connectivity index (χ2n) is 7.65. The van der Waals surface area contributed by atoms with Gasteiger partial charge >= 0.3 is 0 Å². The Morgan fingerprint density at radius 2 is 2.00 bits per heavy atom. The molecule has 6 heteroatoms. The fraction of sp³-hybridized carbons (Fsp3) is 0.476. The Kier molecular flexibility index (Phi) is 4.23. The van der Waals surface area contributed by atoms with Gasteiger partial charge in [-0.2, -0.15) is 0 Å². The Balaban J connectivity index is 1.50. The van der Waals surface area contributed by atoms with E-state index in [1.807, 2.05) is 17.0 Å². The van der Waals surface area contributed by atoms with Gasteiger partial charge in [-0.15, -0.1) is 21.5 Å². The number of amides is 1. The van der Waals surface area contributed by atoms with Crippen LogP contribution in [0.3, 0.4) is 0 Å². The molecule has 0 radical (unpaired) electrons. The van der Waals surface area contributed by atoms with E-state index in [0.29, 0.717) is 0 Å². The minimum Gasteiger partial charge on any atom is -0.328 e. The number of carbonyl (C=O) groups excluding carboxylic acids is 1. The van der Waals surface area contributed by atoms with Crippen molar-refractivity contribution in [2.75, 3.05) is 6.54 Å². The minimum atomic E-state index is 0.0569. The number of aromatic nitrogens is 3. The van der Waals surface area contributed by atoms with Crippen LogP contribution in [0.5, 0.6) is 0 Å². The molecule has 0 N–H and O–H groups in total. The Morgan fingerprint density at radius 1 is 1.11 bits per heavy atom. The molecule has 1 unspecified atom stereocenters. The first kappa shape index (κ1) is 16.9. The normalized spacial score (nSPS) is 20.0. The second kappa shape index (κ2) is 6.75. The first-order chi connectivity index (χ1) is 13.2. The van der Waals surface area contributed by atoms with Gasteiger partial charge in [0.05, 0.1) is 10.9 Å². The van der Waals surface area contributed by atoms with Crippen LogP contribution in [0.15, 0.2) is 24.3 Å². The van der Waals surface area contributed by atoms with E-state index in [1.165, 1.54) is 29.3 Å². The van der Waals surface area contributed by atoms with Crippen LogP contribution in [-0.4, -0.2) is 32.1 Å². The van der Waals surface area contributed by atoms with E-state index < -0.39 is 0 Å². The standard InChI is InChI=1S/C21H24N4OS/c1-14-15-8-4-5-10-17(15)27-19(14)21(26)24-13-7-9-16(24)20-23-22-18-11-3-2-6-12-25(18)20/h4-5,8,10,16H,2-3,6-7,9,11-13H2,1H3. The van der Waals surface area contributed by atoms with Crippen molar-refractivity contribution in [1.82, 2.24) is 19.7 Å². The zero-order chi connectivity index (χ0) is 18.4. The summed E-state index contributed by atoms with van der Waals surface area (Å²) in [6, 6.07) is 8.35. The lowest BCUT2D eigenvalue weighted by Crippen LogP contribution is -2.32. The molecule has 5 rings (SSSR count). The van der Waals surface area contributed by atoms with Crippen molar-refractivity contribution in [3.63, 3.8) is 0 Å². The molecule has 27 heavy (non-hydrogen) atoms. The molecule has 0 aliphatic carbocycles. The van der Waals surface area contributed by atoms with Gasteiger partial charge in [0, 0.05) is 24.2 Å². The summed E-state index contributed by atoms with van der Waals surface area (Å²) in [6.45, 7) is 3.86. The van der Waals surface area contributed by atoms with Gasteiger partial charge in [0.1, 0.15) is 5.82 Å². The third kappa shape index (κ3) is 2.78. The molecule has 2 aliphatic heterocycles. The van der Waals surface area contributed by atoms with Crippen LogP contribution in [0.2, 0.25) is 0 Å². The monoisotopic (exact) mass is 380 g/mol. The van der Waals surface area contributed by atoms with Crippen molar-refractivity contribution >= 4 is 27.3 Å². The third-order valence-corrected chi connectivity index (χ3v) is 7.25. The van der Waals surface area contributed by atoms with Crippen molar-refractivity contribution in [3.05, 3.63) is 46.4 Å². The van der Waals surface area contributed by atoms with Gasteiger partial charge < -0.3 is 9.47 Å². The highest BCUT2D eigenvalue weighted by Crippen LogP contribution is 2.37. The van der Waals surface area contributed by atoms with E-state index in [4.69, 9.17) is 0 Å². The average molecular weight is 381 g/mol. The molecular formula is C21H24N4OS. The van der Waals surface area contributed by atoms with Crippen LogP contribution in [0.4, 0.5) is 0 Å². The van der Waals surface area contributed by atoms with Crippen LogP contribution >= 0.6 is 11.3 Å². The zero-order valence-corrected chi connectivity index (χ0v) is 16.5. The number of hydrogen-bond donors (Lipinski definition) is 0. The fourth-order valence-corrected chi connectivity index (χ4v) is 5.71. The molecule has 1 aromatic carbocycles. The molecular weight excluding hydrogens is 356 g/mol. The minimum absolute atomic E-state index is 0.0569. The highest BCUT2D eigenvalue weighted by molar-refractivity contribution is 7.21. The molecule has 140 valence electrons. The lowest BCUT2D eigenvalue weighted by atomic mass is 10.1. The molecule has 1 saturated heterocycles. The van der Waals surface area contributed by atoms with Gasteiger partial charge in [0.2, 0.25) is 0 Å². The van der Waals surface area contributed by atoms with E-state index in [0.717, 1.165) is 54.4 Å². The molecule has 1 amide bonds. The number of hydrogen-bond acceptors (Lipinski definition) is 4. The van der Waals surface area contributed by atoms with E-state index in [2.05, 4.69) is 33.8 Å². The Morgan fingerprint density at radius 3 is 2.89 bits per heavy atom. The maximum atomic E-state index is 13.5. The lowest BCUT2D eigenvalue weighted by molar-refractivity contribution is 0.0731. The molecule has 1 atom stereocenters. The van der Waals surface area contributed by atoms with Gasteiger partial charge in [-0.1, -0.05) is 24.6 Å². The predicted octanol–water partition coefficient (Wildman–Crippen LogP) is 4.50. The van der Waals surface area contributed by atoms with Crippen LogP contribution < -0.4 is 0 Å². The van der Waals surface area contributed by atoms with Gasteiger partial charge in [0.25, 0.3) is 5.91 Å². The third-order valence-electron chi connectivity index (χ3n) is 5.99. The quantitative estimate of drug-likeness (QED) is 0.657. The Bertz CT molecular complexity index is 1000. The number of benzene rings is 1. The van der Waals surface area contributed by atoms with Crippen molar-refractivity contribution in [1.29, 1.82) is 0 Å². The smallest absolute Gasteiger partial charge is 0.264 e. The second-order valence-corrected chi connectivity index (χ2v) is 8.70. The zero-order valence-electron chi connectivity index (χ0n) is 15.6. The van der Waals surface area contributed by atoms with Gasteiger partial charge in [-0.25, -0.2) is 0 Å². The highest BCUT2D eigenvalue weighted by atomic mass is 32.1. The molecule has 5 nitrogen and oxygen atoms in total. The van der Waals surface area contributed by atoms with Crippen LogP contribution in [-0.2, 0) is 13.0 Å². The number of nitrogens with zero attached hydrogens (tertiary/aromatic N) is 4. The number of aryl methyl sites for hydroxylation is 2. The summed E-state index contributed by atoms with van der Waals surface area (Å²) >= 11 is 1.62. The van der Waals surface area contributed by atoms with Crippen molar-refractivity contribution in [2.45, 2.75) is 58.0 Å². The molecule has 2 aliphatic rings. The van der Waals surface area contributed by atoms with E-state index >= 15 is 0 Å². The molecule has 0 bridgehead atoms. The predicted molar refractivity (Wildman–Crippen MR) is 107 cm³/mol. The molecule has 4 heterocycles. The van der Waals surface area contributed by atoms with Crippen LogP contribution in [0.1, 0.15) is 65.0 Å². The van der Waals surface area contributed by atoms with Crippen molar-refractivity contribution < 1.29 is 4.79 Å². The maximum absolute atomic E-state index is 13.5. The first-order valence-corrected chi connectivity index (χ1v) is 10.8. The van der Waals surface area contributed by atoms with Gasteiger partial charge in [0.15, 0.2) is 5.82 Å². The van der Waals surface area contributed by atoms with Crippen molar-refractivity contribution in [2.24, 2.45) is 0 Å². The van der Waals surface area contributed by atoms with Crippen molar-refractivity contribution in [3.8, 4) is 0 Å². The van der Waals surface area contributed by atoms with E-state index in [-0.39, 0.29) is 11.9 Å². The molecule has 0 saturated carbocycles. The summed E-state index contributed by atoms with van der Waals surface area (Å²) in [5, 5.41) is 10.2. The lowest BCUT2D eigenvalue weighted by Gasteiger charge is -2.24. The Labute approximate surface area is 163 Å². The molecule has 1 fully saturated rings. The highest BCUT2D eigenvalue weighted by Gasteiger charge is 2.36. The number of carbonyl (C=O) groups is 1. The van der Waals surface area contributed by atoms with E-state index in [9.17, 15) is 4.79 Å². The molecule has 2 aromatic heterocycles. The summed E-state index contributed by atoms with van der Waals surface area (Å²) in [5.74, 6) is 2.25. The molecule has 0 spiro atoms. The fourth-order valence-electron chi connectivity index (χ4n) is 4.54. The maximum Gasteiger partial charge on any atom is 0.264 e. The van der Waals surface area contributed by atoms with Crippen LogP contribution in [0.25, 0.3) is 10.1 Å². The number of likely N-dealkylation sites (tertiary alicyclic amines) is 1. The summed E-state index contributed by atoms with van der Waals surface area (Å²) in [6.07, 6.45) is 6.62. The molecule has 3 aromatic rings. The SMILES string of the molecule is Cc1c(C(=O)N2CCCC2c2nnc3n2CCCCC3)sc2ccccc12. The van der Waals surface area contributed by atoms with Crippen LogP contribution in [0, 0.1) is 6.92 Å². The number of thiophene rings is 1. The first-order valence-electron chi connectivity index (χ1n) is 9.95. The summed E-state index contributed by atoms with van der Waals surface area (Å²) < 4.78 is 3.48. The summed E-state index contributed by atoms with van der Waals surface area (Å²) in [4.78, 5) is 16.4. The Hall–Kier alpha value is -2.21. The summed E-state index contributed by atoms with van der Waals surface area (Å²) in [7, 11) is 0. The number of fused-ring (bicyclic) bond motifs is 2. The largest absolute Gasteiger partial charge is 0.328 e. The topological polar surface area (TPSA) is 51.0 Å². The number of rotatable bonds is 2. The summed E-state index contributed by atoms with van der Waals surface area (Å²) in [5.41, 5.74) is 1.10. The van der Waals surface area contributed by atoms with Gasteiger partial charge in [-0.3, -0.25) is 4.79 Å². The van der Waals surface area contributed by atoms with E-state index in [1.54, 1.807) is 11.3 Å². The average Bonchev–Trinajstić information content (AvgIpc) is 3.35.